The molecule has 1 aromatic heterocycles. The first-order valence-electron chi connectivity index (χ1n) is 9.88. The predicted octanol–water partition coefficient (Wildman–Crippen LogP) is 3.80. The fraction of sp³-hybridized carbons (Fsp3) is 0.409. The second-order valence-corrected chi connectivity index (χ2v) is 7.87. The van der Waals surface area contributed by atoms with Crippen molar-refractivity contribution in [1.82, 2.24) is 15.2 Å². The van der Waals surface area contributed by atoms with Crippen LogP contribution >= 0.6 is 11.6 Å². The minimum absolute atomic E-state index is 0.0609. The van der Waals surface area contributed by atoms with Crippen LogP contribution in [0.1, 0.15) is 47.4 Å². The molecule has 2 heterocycles. The number of halogens is 1. The molecule has 0 radical (unpaired) electrons. The molecule has 3 rings (SSSR count). The molecule has 0 bridgehead atoms. The Morgan fingerprint density at radius 1 is 1.17 bits per heavy atom. The molecule has 0 saturated carbocycles. The summed E-state index contributed by atoms with van der Waals surface area (Å²) in [6.45, 7) is 5.66. The average molecular weight is 416 g/mol. The van der Waals surface area contributed by atoms with Crippen LogP contribution < -0.4 is 10.1 Å². The Morgan fingerprint density at radius 2 is 1.86 bits per heavy atom. The lowest BCUT2D eigenvalue weighted by Crippen LogP contribution is -2.40. The molecule has 29 heavy (non-hydrogen) atoms. The van der Waals surface area contributed by atoms with Crippen molar-refractivity contribution >= 4 is 23.4 Å². The van der Waals surface area contributed by atoms with E-state index in [2.05, 4.69) is 10.3 Å². The summed E-state index contributed by atoms with van der Waals surface area (Å²) in [6, 6.07) is 10.8. The molecule has 154 valence electrons. The largest absolute Gasteiger partial charge is 0.492 e. The lowest BCUT2D eigenvalue weighted by Gasteiger charge is -2.32. The highest BCUT2D eigenvalue weighted by atomic mass is 35.5. The highest BCUT2D eigenvalue weighted by molar-refractivity contribution is 6.32. The van der Waals surface area contributed by atoms with Crippen molar-refractivity contribution in [1.29, 1.82) is 0 Å². The molecule has 6 nitrogen and oxygen atoms in total. The number of rotatable bonds is 6. The van der Waals surface area contributed by atoms with E-state index in [9.17, 15) is 9.59 Å². The fourth-order valence-electron chi connectivity index (χ4n) is 3.35. The second kappa shape index (κ2) is 9.74. The molecule has 7 heteroatoms. The van der Waals surface area contributed by atoms with E-state index in [1.54, 1.807) is 24.4 Å². The molecule has 1 N–H and O–H groups in total. The minimum atomic E-state index is -0.135. The first-order valence-corrected chi connectivity index (χ1v) is 10.3. The van der Waals surface area contributed by atoms with Gasteiger partial charge in [-0.3, -0.25) is 9.59 Å². The van der Waals surface area contributed by atoms with Gasteiger partial charge in [0.05, 0.1) is 17.7 Å². The van der Waals surface area contributed by atoms with E-state index in [0.717, 1.165) is 12.8 Å². The standard InChI is InChI=1S/C22H26ClN3O3/c1-15(2)25-21(27)17-6-3-4-8-19(17)29-14-16-9-12-26(13-10-16)22(28)18-7-5-11-24-20(18)23/h3-8,11,15-16H,9-10,12-14H2,1-2H3,(H,25,27). The van der Waals surface area contributed by atoms with Crippen LogP contribution in [0.2, 0.25) is 5.15 Å². The van der Waals surface area contributed by atoms with Crippen molar-refractivity contribution in [2.45, 2.75) is 32.7 Å². The van der Waals surface area contributed by atoms with Crippen molar-refractivity contribution in [3.05, 3.63) is 58.9 Å². The van der Waals surface area contributed by atoms with Gasteiger partial charge in [-0.15, -0.1) is 0 Å². The number of para-hydroxylation sites is 1. The smallest absolute Gasteiger partial charge is 0.256 e. The quantitative estimate of drug-likeness (QED) is 0.728. The lowest BCUT2D eigenvalue weighted by atomic mass is 9.97. The molecule has 1 fully saturated rings. The molecule has 2 aromatic rings. The number of piperidine rings is 1. The topological polar surface area (TPSA) is 71.5 Å². The van der Waals surface area contributed by atoms with Crippen molar-refractivity contribution < 1.29 is 14.3 Å². The first kappa shape index (κ1) is 21.1. The summed E-state index contributed by atoms with van der Waals surface area (Å²) in [5.74, 6) is 0.693. The van der Waals surface area contributed by atoms with Gasteiger partial charge >= 0.3 is 0 Å². The molecule has 1 aliphatic rings. The van der Waals surface area contributed by atoms with Gasteiger partial charge in [-0.25, -0.2) is 4.98 Å². The van der Waals surface area contributed by atoms with Gasteiger partial charge in [0.2, 0.25) is 0 Å². The summed E-state index contributed by atoms with van der Waals surface area (Å²) in [5, 5.41) is 3.13. The fourth-order valence-corrected chi connectivity index (χ4v) is 3.55. The van der Waals surface area contributed by atoms with Gasteiger partial charge in [0.15, 0.2) is 0 Å². The Balaban J connectivity index is 1.54. The summed E-state index contributed by atoms with van der Waals surface area (Å²) in [4.78, 5) is 30.8. The van der Waals surface area contributed by atoms with Crippen LogP contribution in [0.5, 0.6) is 5.75 Å². The molecule has 0 spiro atoms. The number of ether oxygens (including phenoxy) is 1. The molecule has 1 aliphatic heterocycles. The van der Waals surface area contributed by atoms with Crippen LogP contribution in [0.15, 0.2) is 42.6 Å². The average Bonchev–Trinajstić information content (AvgIpc) is 2.72. The lowest BCUT2D eigenvalue weighted by molar-refractivity contribution is 0.0659. The van der Waals surface area contributed by atoms with Crippen molar-refractivity contribution in [2.24, 2.45) is 5.92 Å². The van der Waals surface area contributed by atoms with E-state index in [1.807, 2.05) is 36.9 Å². The Hall–Kier alpha value is -2.60. The highest BCUT2D eigenvalue weighted by Gasteiger charge is 2.26. The van der Waals surface area contributed by atoms with Crippen LogP contribution in [-0.2, 0) is 0 Å². The molecule has 0 aliphatic carbocycles. The predicted molar refractivity (Wildman–Crippen MR) is 112 cm³/mol. The normalized spacial score (nSPS) is 14.7. The van der Waals surface area contributed by atoms with E-state index in [-0.39, 0.29) is 23.0 Å². The maximum atomic E-state index is 12.6. The van der Waals surface area contributed by atoms with Gasteiger partial charge in [-0.2, -0.15) is 0 Å². The number of nitrogens with one attached hydrogen (secondary N) is 1. The molecule has 0 atom stereocenters. The van der Waals surface area contributed by atoms with Crippen molar-refractivity contribution in [3.8, 4) is 5.75 Å². The van der Waals surface area contributed by atoms with Gasteiger partial charge in [0, 0.05) is 25.3 Å². The summed E-state index contributed by atoms with van der Waals surface area (Å²) in [6.07, 6.45) is 3.25. The molecular weight excluding hydrogens is 390 g/mol. The third-order valence-corrected chi connectivity index (χ3v) is 5.22. The third-order valence-electron chi connectivity index (χ3n) is 4.92. The number of hydrogen-bond donors (Lipinski definition) is 1. The maximum Gasteiger partial charge on any atom is 0.256 e. The van der Waals surface area contributed by atoms with Gasteiger partial charge in [-0.1, -0.05) is 23.7 Å². The molecule has 1 saturated heterocycles. The number of nitrogens with zero attached hydrogens (tertiary/aromatic N) is 2. The first-order chi connectivity index (χ1) is 14.0. The van der Waals surface area contributed by atoms with Crippen molar-refractivity contribution in [3.63, 3.8) is 0 Å². The number of pyridine rings is 1. The van der Waals surface area contributed by atoms with Crippen molar-refractivity contribution in [2.75, 3.05) is 19.7 Å². The van der Waals surface area contributed by atoms with Crippen LogP contribution in [0.25, 0.3) is 0 Å². The van der Waals surface area contributed by atoms with Gasteiger partial charge < -0.3 is 15.0 Å². The monoisotopic (exact) mass is 415 g/mol. The van der Waals surface area contributed by atoms with Crippen LogP contribution in [0.4, 0.5) is 0 Å². The van der Waals surface area contributed by atoms with Gasteiger partial charge in [0.1, 0.15) is 10.9 Å². The Labute approximate surface area is 176 Å². The van der Waals surface area contributed by atoms with Gasteiger partial charge in [0.25, 0.3) is 11.8 Å². The SMILES string of the molecule is CC(C)NC(=O)c1ccccc1OCC1CCN(C(=O)c2cccnc2Cl)CC1. The van der Waals surface area contributed by atoms with E-state index < -0.39 is 0 Å². The number of likely N-dealkylation sites (tertiary alicyclic amines) is 1. The molecule has 2 amide bonds. The van der Waals surface area contributed by atoms with Gasteiger partial charge in [-0.05, 0) is 56.9 Å². The summed E-state index contributed by atoms with van der Waals surface area (Å²) >= 11 is 6.05. The Kier molecular flexibility index (Phi) is 7.09. The zero-order valence-corrected chi connectivity index (χ0v) is 17.5. The molecular formula is C22H26ClN3O3. The molecule has 1 aromatic carbocycles. The van der Waals surface area contributed by atoms with Crippen LogP contribution in [0.3, 0.4) is 0 Å². The summed E-state index contributed by atoms with van der Waals surface area (Å²) < 4.78 is 5.98. The number of carbonyl (C=O) groups is 2. The second-order valence-electron chi connectivity index (χ2n) is 7.51. The minimum Gasteiger partial charge on any atom is -0.492 e. The number of amides is 2. The van der Waals surface area contributed by atoms with E-state index in [1.165, 1.54) is 0 Å². The maximum absolute atomic E-state index is 12.6. The molecule has 0 unspecified atom stereocenters. The third kappa shape index (κ3) is 5.48. The Bertz CT molecular complexity index is 864. The Morgan fingerprint density at radius 3 is 2.55 bits per heavy atom. The zero-order valence-electron chi connectivity index (χ0n) is 16.7. The summed E-state index contributed by atoms with van der Waals surface area (Å²) in [7, 11) is 0. The number of carbonyl (C=O) groups excluding carboxylic acids is 2. The van der Waals surface area contributed by atoms with E-state index in [0.29, 0.717) is 42.5 Å². The van der Waals surface area contributed by atoms with E-state index in [4.69, 9.17) is 16.3 Å². The van der Waals surface area contributed by atoms with E-state index >= 15 is 0 Å². The summed E-state index contributed by atoms with van der Waals surface area (Å²) in [5.41, 5.74) is 0.981. The highest BCUT2D eigenvalue weighted by Crippen LogP contribution is 2.24. The number of aromatic nitrogens is 1. The van der Waals surface area contributed by atoms with Crippen LogP contribution in [-0.4, -0.2) is 47.4 Å². The zero-order chi connectivity index (χ0) is 20.8. The number of hydrogen-bond acceptors (Lipinski definition) is 4. The van der Waals surface area contributed by atoms with Crippen LogP contribution in [0, 0.1) is 5.92 Å². The number of benzene rings is 1.